The molecule has 1 heterocycles. The molecule has 1 amide bonds. The van der Waals surface area contributed by atoms with Gasteiger partial charge in [-0.05, 0) is 54.3 Å². The minimum Gasteiger partial charge on any atom is -0.494 e. The van der Waals surface area contributed by atoms with Crippen LogP contribution in [0, 0.1) is 0 Å². The van der Waals surface area contributed by atoms with E-state index >= 15 is 0 Å². The third-order valence-electron chi connectivity index (χ3n) is 5.36. The summed E-state index contributed by atoms with van der Waals surface area (Å²) in [7, 11) is 0. The highest BCUT2D eigenvalue weighted by atomic mass is 32.1. The molecule has 0 radical (unpaired) electrons. The first-order chi connectivity index (χ1) is 15.7. The van der Waals surface area contributed by atoms with Crippen molar-refractivity contribution in [2.24, 2.45) is 0 Å². The Kier molecular flexibility index (Phi) is 7.17. The molecule has 164 valence electrons. The molecular formula is C27H28N2O2S. The summed E-state index contributed by atoms with van der Waals surface area (Å²) in [6.07, 6.45) is 3.03. The van der Waals surface area contributed by atoms with Crippen LogP contribution >= 0.6 is 11.3 Å². The number of amides is 1. The van der Waals surface area contributed by atoms with E-state index < -0.39 is 0 Å². The van der Waals surface area contributed by atoms with Crippen molar-refractivity contribution in [1.82, 2.24) is 4.98 Å². The van der Waals surface area contributed by atoms with Crippen LogP contribution in [-0.4, -0.2) is 17.5 Å². The van der Waals surface area contributed by atoms with Crippen LogP contribution in [0.25, 0.3) is 10.2 Å². The molecule has 0 saturated heterocycles. The Labute approximate surface area is 193 Å². The van der Waals surface area contributed by atoms with E-state index in [0.29, 0.717) is 23.8 Å². The van der Waals surface area contributed by atoms with E-state index in [4.69, 9.17) is 9.72 Å². The van der Waals surface area contributed by atoms with E-state index in [2.05, 4.69) is 26.0 Å². The number of hydrogen-bond acceptors (Lipinski definition) is 4. The van der Waals surface area contributed by atoms with Crippen LogP contribution in [0.2, 0.25) is 0 Å². The fourth-order valence-electron chi connectivity index (χ4n) is 3.49. The highest BCUT2D eigenvalue weighted by Gasteiger charge is 2.22. The van der Waals surface area contributed by atoms with E-state index in [9.17, 15) is 4.79 Å². The normalized spacial score (nSPS) is 10.9. The van der Waals surface area contributed by atoms with E-state index in [-0.39, 0.29) is 5.91 Å². The molecule has 4 rings (SSSR count). The topological polar surface area (TPSA) is 42.4 Å². The first-order valence-corrected chi connectivity index (χ1v) is 12.0. The van der Waals surface area contributed by atoms with Crippen molar-refractivity contribution in [2.45, 2.75) is 39.7 Å². The number of anilines is 1. The van der Waals surface area contributed by atoms with Gasteiger partial charge in [0.15, 0.2) is 5.13 Å². The molecule has 0 bridgehead atoms. The first-order valence-electron chi connectivity index (χ1n) is 11.2. The number of hydrogen-bond donors (Lipinski definition) is 0. The van der Waals surface area contributed by atoms with Gasteiger partial charge in [0.05, 0.1) is 23.4 Å². The van der Waals surface area contributed by atoms with Crippen LogP contribution in [0.3, 0.4) is 0 Å². The highest BCUT2D eigenvalue weighted by Crippen LogP contribution is 2.32. The number of aryl methyl sites for hydroxylation is 1. The summed E-state index contributed by atoms with van der Waals surface area (Å²) in [5.41, 5.74) is 3.85. The number of thiazole rings is 1. The Morgan fingerprint density at radius 2 is 1.81 bits per heavy atom. The van der Waals surface area contributed by atoms with Crippen molar-refractivity contribution < 1.29 is 9.53 Å². The zero-order valence-corrected chi connectivity index (χ0v) is 19.4. The Balaban J connectivity index is 1.68. The number of rotatable bonds is 9. The average Bonchev–Trinajstić information content (AvgIpc) is 3.26. The Hall–Kier alpha value is -3.18. The van der Waals surface area contributed by atoms with Gasteiger partial charge in [-0.3, -0.25) is 9.69 Å². The predicted molar refractivity (Wildman–Crippen MR) is 133 cm³/mol. The maximum Gasteiger partial charge on any atom is 0.260 e. The largest absolute Gasteiger partial charge is 0.494 e. The molecular weight excluding hydrogens is 416 g/mol. The quantitative estimate of drug-likeness (QED) is 0.264. The number of unbranched alkanes of at least 4 members (excludes halogenated alkanes) is 1. The van der Waals surface area contributed by atoms with Crippen molar-refractivity contribution in [3.05, 3.63) is 89.5 Å². The number of ether oxygens (including phenoxy) is 1. The average molecular weight is 445 g/mol. The zero-order valence-electron chi connectivity index (χ0n) is 18.6. The van der Waals surface area contributed by atoms with Crippen LogP contribution in [0.4, 0.5) is 5.13 Å². The van der Waals surface area contributed by atoms with E-state index in [1.807, 2.05) is 60.7 Å². The third-order valence-corrected chi connectivity index (χ3v) is 6.40. The third kappa shape index (κ3) is 5.17. The Morgan fingerprint density at radius 1 is 0.969 bits per heavy atom. The predicted octanol–water partition coefficient (Wildman–Crippen LogP) is 6.88. The molecule has 0 saturated carbocycles. The number of nitrogens with zero attached hydrogens (tertiary/aromatic N) is 2. The molecule has 0 spiro atoms. The lowest BCUT2D eigenvalue weighted by atomic mass is 10.1. The van der Waals surface area contributed by atoms with Crippen LogP contribution in [0.5, 0.6) is 5.75 Å². The van der Waals surface area contributed by atoms with Gasteiger partial charge in [0.1, 0.15) is 5.75 Å². The fourth-order valence-corrected chi connectivity index (χ4v) is 4.52. The van der Waals surface area contributed by atoms with Gasteiger partial charge >= 0.3 is 0 Å². The van der Waals surface area contributed by atoms with Crippen LogP contribution in [0.1, 0.15) is 48.2 Å². The van der Waals surface area contributed by atoms with Crippen molar-refractivity contribution in [2.75, 3.05) is 11.5 Å². The van der Waals surface area contributed by atoms with Gasteiger partial charge in [-0.15, -0.1) is 0 Å². The van der Waals surface area contributed by atoms with Gasteiger partial charge in [0, 0.05) is 5.56 Å². The SMILES string of the molecule is CCCCOc1cccc(C(=O)N(Cc2ccccc2)c2nc3ccc(CC)cc3s2)c1. The molecule has 0 unspecified atom stereocenters. The fraction of sp³-hybridized carbons (Fsp3) is 0.259. The van der Waals surface area contributed by atoms with Crippen LogP contribution < -0.4 is 9.64 Å². The first kappa shape index (κ1) is 22.0. The molecule has 4 nitrogen and oxygen atoms in total. The summed E-state index contributed by atoms with van der Waals surface area (Å²) in [5.74, 6) is 0.644. The molecule has 0 atom stereocenters. The monoisotopic (exact) mass is 444 g/mol. The number of benzene rings is 3. The molecule has 0 fully saturated rings. The molecule has 0 N–H and O–H groups in total. The maximum atomic E-state index is 13.7. The molecule has 0 aliphatic rings. The lowest BCUT2D eigenvalue weighted by Gasteiger charge is -2.20. The van der Waals surface area contributed by atoms with Crippen molar-refractivity contribution in [1.29, 1.82) is 0 Å². The lowest BCUT2D eigenvalue weighted by molar-refractivity contribution is 0.0984. The smallest absolute Gasteiger partial charge is 0.260 e. The lowest BCUT2D eigenvalue weighted by Crippen LogP contribution is -2.30. The summed E-state index contributed by atoms with van der Waals surface area (Å²) in [4.78, 5) is 20.3. The van der Waals surface area contributed by atoms with Crippen molar-refractivity contribution >= 4 is 32.6 Å². The minimum absolute atomic E-state index is 0.0791. The van der Waals surface area contributed by atoms with Gasteiger partial charge in [0.25, 0.3) is 5.91 Å². The van der Waals surface area contributed by atoms with Gasteiger partial charge < -0.3 is 4.74 Å². The van der Waals surface area contributed by atoms with Crippen molar-refractivity contribution in [3.8, 4) is 5.75 Å². The molecule has 3 aromatic carbocycles. The summed E-state index contributed by atoms with van der Waals surface area (Å²) in [5, 5.41) is 0.708. The second kappa shape index (κ2) is 10.4. The molecule has 5 heteroatoms. The molecule has 32 heavy (non-hydrogen) atoms. The van der Waals surface area contributed by atoms with Crippen molar-refractivity contribution in [3.63, 3.8) is 0 Å². The molecule has 1 aromatic heterocycles. The van der Waals surface area contributed by atoms with E-state index in [0.717, 1.165) is 40.8 Å². The summed E-state index contributed by atoms with van der Waals surface area (Å²) >= 11 is 1.56. The van der Waals surface area contributed by atoms with E-state index in [1.165, 1.54) is 5.56 Å². The van der Waals surface area contributed by atoms with Gasteiger partial charge in [-0.2, -0.15) is 0 Å². The Bertz CT molecular complexity index is 1190. The molecule has 0 aliphatic heterocycles. The van der Waals surface area contributed by atoms with E-state index in [1.54, 1.807) is 16.2 Å². The number of carbonyl (C=O) groups excluding carboxylic acids is 1. The van der Waals surface area contributed by atoms with Crippen LogP contribution in [-0.2, 0) is 13.0 Å². The number of fused-ring (bicyclic) bond motifs is 1. The van der Waals surface area contributed by atoms with Gasteiger partial charge in [0.2, 0.25) is 0 Å². The summed E-state index contributed by atoms with van der Waals surface area (Å²) in [6.45, 7) is 5.39. The van der Waals surface area contributed by atoms with Gasteiger partial charge in [-0.25, -0.2) is 4.98 Å². The summed E-state index contributed by atoms with van der Waals surface area (Å²) < 4.78 is 6.93. The second-order valence-electron chi connectivity index (χ2n) is 7.76. The van der Waals surface area contributed by atoms with Crippen LogP contribution in [0.15, 0.2) is 72.8 Å². The maximum absolute atomic E-state index is 13.7. The second-order valence-corrected chi connectivity index (χ2v) is 8.77. The molecule has 4 aromatic rings. The Morgan fingerprint density at radius 3 is 2.59 bits per heavy atom. The number of aromatic nitrogens is 1. The minimum atomic E-state index is -0.0791. The summed E-state index contributed by atoms with van der Waals surface area (Å²) in [6, 6.07) is 23.8. The highest BCUT2D eigenvalue weighted by molar-refractivity contribution is 7.22. The zero-order chi connectivity index (χ0) is 22.3. The standard InChI is InChI=1S/C27H28N2O2S/c1-3-5-16-31-23-13-9-12-22(18-23)26(30)29(19-21-10-7-6-8-11-21)27-28-24-15-14-20(4-2)17-25(24)32-27/h6-15,17-18H,3-5,16,19H2,1-2H3. The molecule has 0 aliphatic carbocycles. The van der Waals surface area contributed by atoms with Gasteiger partial charge in [-0.1, -0.05) is 74.1 Å². The number of carbonyl (C=O) groups is 1.